The topological polar surface area (TPSA) is 18.5 Å². The zero-order valence-corrected chi connectivity index (χ0v) is 12.3. The van der Waals surface area contributed by atoms with Crippen molar-refractivity contribution in [2.45, 2.75) is 19.6 Å². The molecule has 0 unspecified atom stereocenters. The summed E-state index contributed by atoms with van der Waals surface area (Å²) >= 11 is 0. The Labute approximate surface area is 111 Å². The fraction of sp³-hybridized carbons (Fsp3) is 0.333. The standard InChI is InChI=1S/C15H20O2Si/c1-2-18-17-11-10-16-12-14-8-5-7-13-6-3-4-9-15(13)14/h3-9H,2,10-12,18H2,1H3. The number of fused-ring (bicyclic) bond motifs is 1. The lowest BCUT2D eigenvalue weighted by atomic mass is 10.1. The van der Waals surface area contributed by atoms with Gasteiger partial charge in [-0.25, -0.2) is 0 Å². The van der Waals surface area contributed by atoms with E-state index in [1.165, 1.54) is 22.4 Å². The maximum Gasteiger partial charge on any atom is 0.161 e. The Balaban J connectivity index is 1.88. The van der Waals surface area contributed by atoms with Gasteiger partial charge >= 0.3 is 0 Å². The van der Waals surface area contributed by atoms with Crippen molar-refractivity contribution in [3.63, 3.8) is 0 Å². The molecular weight excluding hydrogens is 240 g/mol. The highest BCUT2D eigenvalue weighted by atomic mass is 28.2. The van der Waals surface area contributed by atoms with Crippen LogP contribution in [0.2, 0.25) is 6.04 Å². The maximum absolute atomic E-state index is 5.67. The summed E-state index contributed by atoms with van der Waals surface area (Å²) in [6, 6.07) is 16.0. The van der Waals surface area contributed by atoms with Crippen LogP contribution in [-0.2, 0) is 15.8 Å². The van der Waals surface area contributed by atoms with Crippen molar-refractivity contribution in [1.82, 2.24) is 0 Å². The van der Waals surface area contributed by atoms with Crippen molar-refractivity contribution in [1.29, 1.82) is 0 Å². The Morgan fingerprint density at radius 2 is 1.83 bits per heavy atom. The van der Waals surface area contributed by atoms with Crippen LogP contribution in [0.25, 0.3) is 10.8 Å². The summed E-state index contributed by atoms with van der Waals surface area (Å²) in [5.41, 5.74) is 1.25. The van der Waals surface area contributed by atoms with E-state index in [9.17, 15) is 0 Å². The van der Waals surface area contributed by atoms with E-state index in [0.29, 0.717) is 13.2 Å². The molecule has 0 aliphatic rings. The lowest BCUT2D eigenvalue weighted by Gasteiger charge is -2.08. The number of benzene rings is 2. The van der Waals surface area contributed by atoms with Gasteiger partial charge in [0.05, 0.1) is 19.8 Å². The second kappa shape index (κ2) is 7.31. The van der Waals surface area contributed by atoms with E-state index in [-0.39, 0.29) is 9.76 Å². The maximum atomic E-state index is 5.67. The van der Waals surface area contributed by atoms with Crippen molar-refractivity contribution in [2.24, 2.45) is 0 Å². The van der Waals surface area contributed by atoms with Crippen LogP contribution in [0, 0.1) is 0 Å². The average molecular weight is 260 g/mol. The first-order valence-electron chi connectivity index (χ1n) is 6.54. The molecule has 0 heterocycles. The second-order valence-electron chi connectivity index (χ2n) is 4.30. The third-order valence-electron chi connectivity index (χ3n) is 2.86. The van der Waals surface area contributed by atoms with Crippen LogP contribution in [0.5, 0.6) is 0 Å². The monoisotopic (exact) mass is 260 g/mol. The molecule has 18 heavy (non-hydrogen) atoms. The van der Waals surface area contributed by atoms with Crippen molar-refractivity contribution in [2.75, 3.05) is 13.2 Å². The van der Waals surface area contributed by atoms with Gasteiger partial charge < -0.3 is 9.16 Å². The molecule has 96 valence electrons. The van der Waals surface area contributed by atoms with E-state index in [1.807, 2.05) is 0 Å². The van der Waals surface area contributed by atoms with Crippen molar-refractivity contribution < 1.29 is 9.16 Å². The first kappa shape index (κ1) is 13.3. The lowest BCUT2D eigenvalue weighted by Crippen LogP contribution is -2.06. The summed E-state index contributed by atoms with van der Waals surface area (Å²) in [5, 5.41) is 2.55. The van der Waals surface area contributed by atoms with Gasteiger partial charge in [0.25, 0.3) is 0 Å². The van der Waals surface area contributed by atoms with Gasteiger partial charge in [0.15, 0.2) is 9.76 Å². The van der Waals surface area contributed by atoms with Gasteiger partial charge in [0.1, 0.15) is 0 Å². The SMILES string of the molecule is CC[SiH2]OCCOCc1cccc2ccccc12. The molecule has 0 spiro atoms. The van der Waals surface area contributed by atoms with Gasteiger partial charge in [-0.15, -0.1) is 0 Å². The fourth-order valence-electron chi connectivity index (χ4n) is 1.96. The summed E-state index contributed by atoms with van der Waals surface area (Å²) in [4.78, 5) is 0. The molecule has 0 aliphatic heterocycles. The number of ether oxygens (including phenoxy) is 1. The summed E-state index contributed by atoms with van der Waals surface area (Å²) in [7, 11) is -0.283. The second-order valence-corrected chi connectivity index (χ2v) is 6.12. The molecule has 0 aliphatic carbocycles. The predicted octanol–water partition coefficient (Wildman–Crippen LogP) is 2.90. The van der Waals surface area contributed by atoms with Crippen LogP contribution in [0.4, 0.5) is 0 Å². The number of hydrogen-bond acceptors (Lipinski definition) is 2. The van der Waals surface area contributed by atoms with Crippen molar-refractivity contribution >= 4 is 20.5 Å². The van der Waals surface area contributed by atoms with Crippen LogP contribution >= 0.6 is 0 Å². The molecule has 0 atom stereocenters. The van der Waals surface area contributed by atoms with Gasteiger partial charge in [-0.05, 0) is 22.4 Å². The Hall–Kier alpha value is -1.16. The van der Waals surface area contributed by atoms with E-state index in [4.69, 9.17) is 9.16 Å². The zero-order valence-electron chi connectivity index (χ0n) is 10.9. The minimum atomic E-state index is -0.283. The quantitative estimate of drug-likeness (QED) is 0.563. The average Bonchev–Trinajstić information content (AvgIpc) is 2.43. The van der Waals surface area contributed by atoms with Gasteiger partial charge in [0, 0.05) is 0 Å². The smallest absolute Gasteiger partial charge is 0.161 e. The minimum absolute atomic E-state index is 0.283. The molecule has 2 aromatic carbocycles. The number of hydrogen-bond donors (Lipinski definition) is 0. The Morgan fingerprint density at radius 3 is 2.72 bits per heavy atom. The van der Waals surface area contributed by atoms with Crippen LogP contribution in [-0.4, -0.2) is 23.0 Å². The highest BCUT2D eigenvalue weighted by Gasteiger charge is 1.99. The highest BCUT2D eigenvalue weighted by Crippen LogP contribution is 2.18. The summed E-state index contributed by atoms with van der Waals surface area (Å²) < 4.78 is 11.2. The van der Waals surface area contributed by atoms with E-state index in [2.05, 4.69) is 49.4 Å². The summed E-state index contributed by atoms with van der Waals surface area (Å²) in [6.45, 7) is 4.27. The van der Waals surface area contributed by atoms with E-state index in [1.54, 1.807) is 0 Å². The van der Waals surface area contributed by atoms with Crippen LogP contribution in [0.15, 0.2) is 42.5 Å². The highest BCUT2D eigenvalue weighted by molar-refractivity contribution is 6.26. The Kier molecular flexibility index (Phi) is 5.39. The van der Waals surface area contributed by atoms with Crippen LogP contribution < -0.4 is 0 Å². The first-order valence-corrected chi connectivity index (χ1v) is 8.11. The first-order chi connectivity index (χ1) is 8.92. The lowest BCUT2D eigenvalue weighted by molar-refractivity contribution is 0.0908. The van der Waals surface area contributed by atoms with E-state index >= 15 is 0 Å². The van der Waals surface area contributed by atoms with E-state index in [0.717, 1.165) is 6.61 Å². The van der Waals surface area contributed by atoms with E-state index < -0.39 is 0 Å². The molecule has 0 bridgehead atoms. The fourth-order valence-corrected chi connectivity index (χ4v) is 2.58. The molecule has 0 saturated carbocycles. The molecule has 2 nitrogen and oxygen atoms in total. The molecule has 0 fully saturated rings. The molecule has 0 N–H and O–H groups in total. The van der Waals surface area contributed by atoms with Crippen molar-refractivity contribution in [3.05, 3.63) is 48.0 Å². The van der Waals surface area contributed by atoms with Gasteiger partial charge in [-0.1, -0.05) is 49.4 Å². The normalized spacial score (nSPS) is 11.6. The molecule has 0 aromatic heterocycles. The molecular formula is C15H20O2Si. The van der Waals surface area contributed by atoms with Gasteiger partial charge in [-0.3, -0.25) is 0 Å². The molecule has 3 heteroatoms. The Morgan fingerprint density at radius 1 is 1.00 bits per heavy atom. The third kappa shape index (κ3) is 3.67. The molecule has 2 aromatic rings. The molecule has 0 radical (unpaired) electrons. The number of rotatable bonds is 7. The summed E-state index contributed by atoms with van der Waals surface area (Å²) in [6.07, 6.45) is 0. The molecule has 0 amide bonds. The zero-order chi connectivity index (χ0) is 12.6. The molecule has 0 saturated heterocycles. The molecule has 2 rings (SSSR count). The predicted molar refractivity (Wildman–Crippen MR) is 78.6 cm³/mol. The largest absolute Gasteiger partial charge is 0.422 e. The van der Waals surface area contributed by atoms with Gasteiger partial charge in [-0.2, -0.15) is 0 Å². The van der Waals surface area contributed by atoms with Crippen LogP contribution in [0.3, 0.4) is 0 Å². The van der Waals surface area contributed by atoms with Gasteiger partial charge in [0.2, 0.25) is 0 Å². The minimum Gasteiger partial charge on any atom is -0.422 e. The van der Waals surface area contributed by atoms with Crippen molar-refractivity contribution in [3.8, 4) is 0 Å². The summed E-state index contributed by atoms with van der Waals surface area (Å²) in [5.74, 6) is 0. The van der Waals surface area contributed by atoms with Crippen LogP contribution in [0.1, 0.15) is 12.5 Å². The Bertz CT molecular complexity index is 479. The third-order valence-corrected chi connectivity index (χ3v) is 3.84.